The van der Waals surface area contributed by atoms with Crippen molar-refractivity contribution in [2.75, 3.05) is 0 Å². The molecule has 2 aromatic carbocycles. The number of aryl methyl sites for hydroxylation is 2. The van der Waals surface area contributed by atoms with E-state index in [2.05, 4.69) is 93.6 Å². The molecule has 33 heavy (non-hydrogen) atoms. The van der Waals surface area contributed by atoms with Crippen LogP contribution in [0.25, 0.3) is 0 Å². The summed E-state index contributed by atoms with van der Waals surface area (Å²) in [5.41, 5.74) is 5.79. The minimum atomic E-state index is 0. The summed E-state index contributed by atoms with van der Waals surface area (Å²) >= 11 is 0. The molecule has 0 radical (unpaired) electrons. The third-order valence-electron chi connectivity index (χ3n) is 5.35. The van der Waals surface area contributed by atoms with Crippen molar-refractivity contribution in [3.63, 3.8) is 0 Å². The fraction of sp³-hybridized carbons (Fsp3) is 0.400. The van der Waals surface area contributed by atoms with E-state index in [4.69, 9.17) is 9.98 Å². The quantitative estimate of drug-likeness (QED) is 0.144. The Balaban J connectivity index is 0.00000544. The Bertz CT molecular complexity index is 909. The normalized spacial score (nSPS) is 12.2. The van der Waals surface area contributed by atoms with Gasteiger partial charge in [0.2, 0.25) is 0 Å². The Morgan fingerprint density at radius 2 is 1.27 bits per heavy atom. The van der Waals surface area contributed by atoms with E-state index in [0.717, 1.165) is 74.9 Å². The number of hydrogen-bond donors (Lipinski definition) is 0. The van der Waals surface area contributed by atoms with Crippen LogP contribution in [0.5, 0.6) is 0 Å². The average molecular weight is 487 g/mol. The van der Waals surface area contributed by atoms with E-state index in [-0.39, 0.29) is 16.5 Å². The Kier molecular flexibility index (Phi) is 15.9. The van der Waals surface area contributed by atoms with Crippen molar-refractivity contribution in [2.24, 2.45) is 9.98 Å². The maximum Gasteiger partial charge on any atom is 0.0665 e. The third-order valence-corrected chi connectivity index (χ3v) is 5.35. The van der Waals surface area contributed by atoms with Crippen LogP contribution >= 0.6 is 0 Å². The van der Waals surface area contributed by atoms with Crippen LogP contribution in [0.15, 0.2) is 82.8 Å². The van der Waals surface area contributed by atoms with Gasteiger partial charge in [0.15, 0.2) is 0 Å². The second kappa shape index (κ2) is 18.2. The number of hydrogen-bond acceptors (Lipinski definition) is 2. The van der Waals surface area contributed by atoms with Gasteiger partial charge in [-0.05, 0) is 74.6 Å². The summed E-state index contributed by atoms with van der Waals surface area (Å²) in [5.74, 6) is 0. The van der Waals surface area contributed by atoms with E-state index in [1.54, 1.807) is 0 Å². The summed E-state index contributed by atoms with van der Waals surface area (Å²) in [6, 6.07) is 17.0. The number of nitrogens with zero attached hydrogens (tertiary/aromatic N) is 2. The van der Waals surface area contributed by atoms with Crippen molar-refractivity contribution in [3.05, 3.63) is 84.0 Å². The Morgan fingerprint density at radius 1 is 0.727 bits per heavy atom. The van der Waals surface area contributed by atoms with Crippen LogP contribution in [0.2, 0.25) is 0 Å². The van der Waals surface area contributed by atoms with Gasteiger partial charge in [0.1, 0.15) is 0 Å². The van der Waals surface area contributed by atoms with Crippen molar-refractivity contribution in [3.8, 4) is 0 Å². The number of benzene rings is 2. The predicted molar refractivity (Wildman–Crippen MR) is 143 cm³/mol. The zero-order valence-electron chi connectivity index (χ0n) is 20.6. The van der Waals surface area contributed by atoms with Gasteiger partial charge in [-0.15, -0.1) is 0 Å². The van der Waals surface area contributed by atoms with Gasteiger partial charge in [0.25, 0.3) is 0 Å². The molecule has 0 amide bonds. The van der Waals surface area contributed by atoms with Crippen molar-refractivity contribution < 1.29 is 16.5 Å². The molecule has 0 aliphatic heterocycles. The summed E-state index contributed by atoms with van der Waals surface area (Å²) in [6.45, 7) is 6.57. The fourth-order valence-corrected chi connectivity index (χ4v) is 3.53. The molecule has 0 aliphatic rings. The molecular weight excluding hydrogens is 447 g/mol. The number of aliphatic imine (C=N–C) groups is 2. The van der Waals surface area contributed by atoms with Gasteiger partial charge in [0.05, 0.1) is 17.1 Å². The SMILES string of the molecule is CC/C=C/CCc1ccccc1/N=C/C(CCCC)=N/c1ccccc1CC/C=C/CC.[Ni]. The Labute approximate surface area is 212 Å². The molecule has 0 unspecified atom stereocenters. The first-order chi connectivity index (χ1) is 15.8. The minimum absolute atomic E-state index is 0. The largest absolute Gasteiger partial charge is 0.255 e. The van der Waals surface area contributed by atoms with Gasteiger partial charge in [-0.3, -0.25) is 9.98 Å². The molecule has 0 saturated carbocycles. The van der Waals surface area contributed by atoms with E-state index >= 15 is 0 Å². The molecule has 3 heteroatoms. The van der Waals surface area contributed by atoms with Gasteiger partial charge in [0, 0.05) is 22.7 Å². The first-order valence-corrected chi connectivity index (χ1v) is 12.4. The van der Waals surface area contributed by atoms with E-state index in [9.17, 15) is 0 Å². The average Bonchev–Trinajstić information content (AvgIpc) is 2.83. The molecule has 0 aromatic heterocycles. The maximum absolute atomic E-state index is 5.06. The van der Waals surface area contributed by atoms with Crippen LogP contribution in [0.3, 0.4) is 0 Å². The van der Waals surface area contributed by atoms with E-state index in [0.29, 0.717) is 0 Å². The molecule has 0 spiro atoms. The van der Waals surface area contributed by atoms with Gasteiger partial charge in [-0.25, -0.2) is 0 Å². The second-order valence-corrected chi connectivity index (χ2v) is 8.06. The molecule has 2 aromatic rings. The topological polar surface area (TPSA) is 24.7 Å². The molecule has 0 heterocycles. The number of allylic oxidation sites excluding steroid dienone is 4. The zero-order valence-corrected chi connectivity index (χ0v) is 21.6. The summed E-state index contributed by atoms with van der Waals surface area (Å²) in [4.78, 5) is 9.94. The summed E-state index contributed by atoms with van der Waals surface area (Å²) < 4.78 is 0. The second-order valence-electron chi connectivity index (χ2n) is 8.06. The summed E-state index contributed by atoms with van der Waals surface area (Å²) in [5, 5.41) is 0. The fourth-order valence-electron chi connectivity index (χ4n) is 3.53. The van der Waals surface area contributed by atoms with Crippen LogP contribution in [0, 0.1) is 0 Å². The summed E-state index contributed by atoms with van der Waals surface area (Å²) in [6.07, 6.45) is 20.5. The van der Waals surface area contributed by atoms with Crippen LogP contribution < -0.4 is 0 Å². The minimum Gasteiger partial charge on any atom is -0.255 e. The summed E-state index contributed by atoms with van der Waals surface area (Å²) in [7, 11) is 0. The van der Waals surface area contributed by atoms with Crippen molar-refractivity contribution in [2.45, 2.75) is 78.6 Å². The van der Waals surface area contributed by atoms with Crippen LogP contribution in [0.1, 0.15) is 76.8 Å². The molecule has 180 valence electrons. The smallest absolute Gasteiger partial charge is 0.0665 e. The van der Waals surface area contributed by atoms with Crippen molar-refractivity contribution in [1.29, 1.82) is 0 Å². The number of unbranched alkanes of at least 4 members (excludes halogenated alkanes) is 1. The van der Waals surface area contributed by atoms with E-state index < -0.39 is 0 Å². The van der Waals surface area contributed by atoms with Gasteiger partial charge >= 0.3 is 0 Å². The first kappa shape index (κ1) is 28.8. The molecule has 2 rings (SSSR count). The predicted octanol–water partition coefficient (Wildman–Crippen LogP) is 9.15. The number of para-hydroxylation sites is 2. The molecule has 0 atom stereocenters. The molecule has 2 nitrogen and oxygen atoms in total. The van der Waals surface area contributed by atoms with Gasteiger partial charge < -0.3 is 0 Å². The molecule has 0 N–H and O–H groups in total. The molecular formula is C30H40N2Ni. The number of rotatable bonds is 14. The first-order valence-electron chi connectivity index (χ1n) is 12.4. The van der Waals surface area contributed by atoms with Gasteiger partial charge in [-0.1, -0.05) is 87.9 Å². The Morgan fingerprint density at radius 3 is 1.85 bits per heavy atom. The monoisotopic (exact) mass is 486 g/mol. The standard InChI is InChI=1S/C30H40N2.Ni/c1-4-7-10-12-18-26-20-14-16-23-29(26)31-25-28(22-9-6-3)32-30-24-17-15-21-27(30)19-13-11-8-5-2;/h7-8,10-11,14-17,20-21,23-25H,4-6,9,12-13,18-19,22H2,1-3H3;/b10-7+,11-8+,31-25+,32-28+;. The van der Waals surface area contributed by atoms with E-state index in [1.165, 1.54) is 11.1 Å². The molecule has 0 fully saturated rings. The molecule has 0 saturated heterocycles. The van der Waals surface area contributed by atoms with Crippen LogP contribution in [-0.4, -0.2) is 11.9 Å². The third kappa shape index (κ3) is 11.4. The molecule has 0 aliphatic carbocycles. The van der Waals surface area contributed by atoms with E-state index in [1.807, 2.05) is 6.21 Å². The Hall–Kier alpha value is -2.25. The van der Waals surface area contributed by atoms with Crippen molar-refractivity contribution in [1.82, 2.24) is 0 Å². The maximum atomic E-state index is 5.06. The van der Waals surface area contributed by atoms with Gasteiger partial charge in [-0.2, -0.15) is 0 Å². The van der Waals surface area contributed by atoms with Crippen LogP contribution in [-0.2, 0) is 29.3 Å². The van der Waals surface area contributed by atoms with Crippen molar-refractivity contribution >= 4 is 23.3 Å². The zero-order chi connectivity index (χ0) is 22.9. The van der Waals surface area contributed by atoms with Crippen LogP contribution in [0.4, 0.5) is 11.4 Å². The molecule has 0 bridgehead atoms.